The molecule has 1 N–H and O–H groups in total. The summed E-state index contributed by atoms with van der Waals surface area (Å²) in [4.78, 5) is 0. The summed E-state index contributed by atoms with van der Waals surface area (Å²) >= 11 is 0. The van der Waals surface area contributed by atoms with E-state index in [0.717, 1.165) is 24.0 Å². The number of aliphatic hydroxyl groups is 1. The number of hydrogen-bond donors (Lipinski definition) is 1. The van der Waals surface area contributed by atoms with Crippen LogP contribution < -0.4 is 0 Å². The molecular formula is C13H19FO. The van der Waals surface area contributed by atoms with E-state index in [0.29, 0.717) is 5.92 Å². The number of halogens is 1. The average Bonchev–Trinajstić information content (AvgIpc) is 2.17. The van der Waals surface area contributed by atoms with Gasteiger partial charge in [-0.05, 0) is 42.5 Å². The molecule has 0 aliphatic carbocycles. The molecule has 1 nitrogen and oxygen atoms in total. The van der Waals surface area contributed by atoms with E-state index in [1.807, 2.05) is 6.92 Å². The SMILES string of the molecule is CCC(C)CC(O)c1ccc(F)cc1C. The summed E-state index contributed by atoms with van der Waals surface area (Å²) in [5.41, 5.74) is 1.67. The molecule has 0 fully saturated rings. The smallest absolute Gasteiger partial charge is 0.123 e. The molecule has 0 heterocycles. The summed E-state index contributed by atoms with van der Waals surface area (Å²) in [5.74, 6) is 0.247. The molecule has 1 aromatic rings. The lowest BCUT2D eigenvalue weighted by Gasteiger charge is -2.17. The normalized spacial score (nSPS) is 15.0. The quantitative estimate of drug-likeness (QED) is 0.805. The predicted molar refractivity (Wildman–Crippen MR) is 60.2 cm³/mol. The second-order valence-electron chi connectivity index (χ2n) is 4.27. The van der Waals surface area contributed by atoms with Gasteiger partial charge in [0.1, 0.15) is 5.82 Å². The molecule has 0 aromatic heterocycles. The number of rotatable bonds is 4. The van der Waals surface area contributed by atoms with Crippen LogP contribution in [0.25, 0.3) is 0 Å². The molecule has 0 radical (unpaired) electrons. The van der Waals surface area contributed by atoms with Gasteiger partial charge in [0.25, 0.3) is 0 Å². The second kappa shape index (κ2) is 5.26. The summed E-state index contributed by atoms with van der Waals surface area (Å²) in [6, 6.07) is 4.55. The maximum Gasteiger partial charge on any atom is 0.123 e. The third-order valence-corrected chi connectivity index (χ3v) is 2.91. The van der Waals surface area contributed by atoms with Crippen LogP contribution in [-0.4, -0.2) is 5.11 Å². The minimum absolute atomic E-state index is 0.244. The Morgan fingerprint density at radius 1 is 1.40 bits per heavy atom. The molecule has 0 bridgehead atoms. The van der Waals surface area contributed by atoms with Gasteiger partial charge in [-0.1, -0.05) is 26.3 Å². The first-order chi connectivity index (χ1) is 7.04. The zero-order valence-electron chi connectivity index (χ0n) is 9.63. The van der Waals surface area contributed by atoms with E-state index in [4.69, 9.17) is 0 Å². The highest BCUT2D eigenvalue weighted by molar-refractivity contribution is 5.28. The molecule has 2 unspecified atom stereocenters. The van der Waals surface area contributed by atoms with Gasteiger partial charge in [-0.25, -0.2) is 4.39 Å². The van der Waals surface area contributed by atoms with Crippen LogP contribution in [0.2, 0.25) is 0 Å². The Morgan fingerprint density at radius 3 is 2.60 bits per heavy atom. The number of aliphatic hydroxyl groups excluding tert-OH is 1. The van der Waals surface area contributed by atoms with Crippen molar-refractivity contribution in [3.8, 4) is 0 Å². The first-order valence-electron chi connectivity index (χ1n) is 5.48. The lowest BCUT2D eigenvalue weighted by atomic mass is 9.94. The predicted octanol–water partition coefficient (Wildman–Crippen LogP) is 3.60. The van der Waals surface area contributed by atoms with Crippen molar-refractivity contribution in [3.05, 3.63) is 35.1 Å². The van der Waals surface area contributed by atoms with Crippen LogP contribution in [0.4, 0.5) is 4.39 Å². The van der Waals surface area contributed by atoms with Crippen LogP contribution in [0.3, 0.4) is 0 Å². The summed E-state index contributed by atoms with van der Waals surface area (Å²) in [5, 5.41) is 9.97. The van der Waals surface area contributed by atoms with Gasteiger partial charge in [-0.15, -0.1) is 0 Å². The highest BCUT2D eigenvalue weighted by Crippen LogP contribution is 2.25. The van der Waals surface area contributed by atoms with Crippen LogP contribution in [0.15, 0.2) is 18.2 Å². The topological polar surface area (TPSA) is 20.2 Å². The van der Waals surface area contributed by atoms with E-state index in [2.05, 4.69) is 13.8 Å². The van der Waals surface area contributed by atoms with E-state index < -0.39 is 6.10 Å². The van der Waals surface area contributed by atoms with Crippen molar-refractivity contribution in [2.24, 2.45) is 5.92 Å². The number of hydrogen-bond acceptors (Lipinski definition) is 1. The van der Waals surface area contributed by atoms with Gasteiger partial charge in [0.15, 0.2) is 0 Å². The lowest BCUT2D eigenvalue weighted by Crippen LogP contribution is -2.05. The van der Waals surface area contributed by atoms with Gasteiger partial charge in [0, 0.05) is 0 Å². The summed E-state index contributed by atoms with van der Waals surface area (Å²) in [7, 11) is 0. The van der Waals surface area contributed by atoms with Crippen LogP contribution >= 0.6 is 0 Å². The van der Waals surface area contributed by atoms with Crippen molar-refractivity contribution < 1.29 is 9.50 Å². The third kappa shape index (κ3) is 3.31. The number of benzene rings is 1. The van der Waals surface area contributed by atoms with Gasteiger partial charge >= 0.3 is 0 Å². The average molecular weight is 210 g/mol. The van der Waals surface area contributed by atoms with Crippen molar-refractivity contribution in [2.45, 2.75) is 39.7 Å². The Hall–Kier alpha value is -0.890. The van der Waals surface area contributed by atoms with Crippen LogP contribution in [0.5, 0.6) is 0 Å². The van der Waals surface area contributed by atoms with Crippen molar-refractivity contribution in [2.75, 3.05) is 0 Å². The molecule has 0 saturated heterocycles. The second-order valence-corrected chi connectivity index (χ2v) is 4.27. The molecule has 0 aliphatic rings. The fraction of sp³-hybridized carbons (Fsp3) is 0.538. The number of aryl methyl sites for hydroxylation is 1. The van der Waals surface area contributed by atoms with Gasteiger partial charge < -0.3 is 5.11 Å². The van der Waals surface area contributed by atoms with Gasteiger partial charge in [-0.2, -0.15) is 0 Å². The molecule has 0 amide bonds. The molecule has 1 rings (SSSR count). The molecule has 15 heavy (non-hydrogen) atoms. The van der Waals surface area contributed by atoms with Crippen LogP contribution in [-0.2, 0) is 0 Å². The molecule has 1 aromatic carbocycles. The zero-order chi connectivity index (χ0) is 11.4. The first-order valence-corrected chi connectivity index (χ1v) is 5.48. The first kappa shape index (κ1) is 12.2. The van der Waals surface area contributed by atoms with Crippen LogP contribution in [0, 0.1) is 18.7 Å². The summed E-state index contributed by atoms with van der Waals surface area (Å²) in [6.45, 7) is 6.05. The standard InChI is InChI=1S/C13H19FO/c1-4-9(2)7-13(15)12-6-5-11(14)8-10(12)3/h5-6,8-9,13,15H,4,7H2,1-3H3. The highest BCUT2D eigenvalue weighted by atomic mass is 19.1. The molecule has 84 valence electrons. The van der Waals surface area contributed by atoms with Crippen molar-refractivity contribution in [3.63, 3.8) is 0 Å². The van der Waals surface area contributed by atoms with Crippen molar-refractivity contribution in [1.29, 1.82) is 0 Å². The summed E-state index contributed by atoms with van der Waals surface area (Å²) in [6.07, 6.45) is 1.32. The maximum absolute atomic E-state index is 12.9. The van der Waals surface area contributed by atoms with Crippen LogP contribution in [0.1, 0.15) is 43.9 Å². The minimum atomic E-state index is -0.472. The zero-order valence-corrected chi connectivity index (χ0v) is 9.63. The Kier molecular flexibility index (Phi) is 4.28. The monoisotopic (exact) mass is 210 g/mol. The van der Waals surface area contributed by atoms with E-state index >= 15 is 0 Å². The largest absolute Gasteiger partial charge is 0.388 e. The van der Waals surface area contributed by atoms with Gasteiger partial charge in [-0.3, -0.25) is 0 Å². The van der Waals surface area contributed by atoms with Gasteiger partial charge in [0.2, 0.25) is 0 Å². The maximum atomic E-state index is 12.9. The van der Waals surface area contributed by atoms with E-state index in [9.17, 15) is 9.50 Å². The molecule has 0 spiro atoms. The van der Waals surface area contributed by atoms with Crippen molar-refractivity contribution >= 4 is 0 Å². The molecular weight excluding hydrogens is 191 g/mol. The molecule has 2 atom stereocenters. The van der Waals surface area contributed by atoms with Crippen molar-refractivity contribution in [1.82, 2.24) is 0 Å². The summed E-state index contributed by atoms with van der Waals surface area (Å²) < 4.78 is 12.9. The minimum Gasteiger partial charge on any atom is -0.388 e. The highest BCUT2D eigenvalue weighted by Gasteiger charge is 2.13. The van der Waals surface area contributed by atoms with E-state index in [-0.39, 0.29) is 5.82 Å². The van der Waals surface area contributed by atoms with E-state index in [1.165, 1.54) is 12.1 Å². The lowest BCUT2D eigenvalue weighted by molar-refractivity contribution is 0.146. The Labute approximate surface area is 90.9 Å². The fourth-order valence-corrected chi connectivity index (χ4v) is 1.69. The Morgan fingerprint density at radius 2 is 2.07 bits per heavy atom. The Balaban J connectivity index is 2.77. The molecule has 0 aliphatic heterocycles. The third-order valence-electron chi connectivity index (χ3n) is 2.91. The molecule has 2 heteroatoms. The molecule has 0 saturated carbocycles. The van der Waals surface area contributed by atoms with E-state index in [1.54, 1.807) is 6.07 Å². The fourth-order valence-electron chi connectivity index (χ4n) is 1.69. The van der Waals surface area contributed by atoms with Gasteiger partial charge in [0.05, 0.1) is 6.10 Å². The Bertz CT molecular complexity index is 322.